The quantitative estimate of drug-likeness (QED) is 0.637. The van der Waals surface area contributed by atoms with Gasteiger partial charge in [0.25, 0.3) is 5.91 Å². The number of phenols is 1. The van der Waals surface area contributed by atoms with Crippen LogP contribution in [-0.4, -0.2) is 39.6 Å². The van der Waals surface area contributed by atoms with Gasteiger partial charge in [0.2, 0.25) is 5.91 Å². The van der Waals surface area contributed by atoms with E-state index in [1.165, 1.54) is 0 Å². The minimum absolute atomic E-state index is 0.00326. The van der Waals surface area contributed by atoms with Crippen LogP contribution in [0.2, 0.25) is 0 Å². The summed E-state index contributed by atoms with van der Waals surface area (Å²) in [5, 5.41) is 12.8. The number of likely N-dealkylation sites (tertiary alicyclic amines) is 1. The van der Waals surface area contributed by atoms with Crippen LogP contribution in [0.5, 0.6) is 5.75 Å². The third kappa shape index (κ3) is 4.04. The van der Waals surface area contributed by atoms with Crippen molar-refractivity contribution in [3.63, 3.8) is 0 Å². The first kappa shape index (κ1) is 17.8. The Labute approximate surface area is 140 Å². The lowest BCUT2D eigenvalue weighted by molar-refractivity contribution is -0.147. The summed E-state index contributed by atoms with van der Waals surface area (Å²) < 4.78 is 5.12. The molecule has 130 valence electrons. The molecule has 0 bridgehead atoms. The molecule has 1 atom stereocenters. The monoisotopic (exact) mass is 334 g/mol. The maximum absolute atomic E-state index is 12.5. The number of ether oxygens (including phenoxy) is 1. The van der Waals surface area contributed by atoms with Gasteiger partial charge in [-0.1, -0.05) is 6.07 Å². The van der Waals surface area contributed by atoms with E-state index in [0.717, 1.165) is 5.56 Å². The van der Waals surface area contributed by atoms with E-state index >= 15 is 0 Å². The number of hydrogen-bond acceptors (Lipinski definition) is 6. The van der Waals surface area contributed by atoms with Crippen molar-refractivity contribution in [3.05, 3.63) is 23.8 Å². The van der Waals surface area contributed by atoms with Crippen molar-refractivity contribution in [2.75, 3.05) is 5.32 Å². The van der Waals surface area contributed by atoms with Crippen molar-refractivity contribution in [3.8, 4) is 5.75 Å². The van der Waals surface area contributed by atoms with Crippen LogP contribution in [0.1, 0.15) is 39.2 Å². The van der Waals surface area contributed by atoms with Gasteiger partial charge in [0.1, 0.15) is 17.4 Å². The van der Waals surface area contributed by atoms with Gasteiger partial charge in [0.05, 0.1) is 5.69 Å². The lowest BCUT2D eigenvalue weighted by Gasteiger charge is -2.31. The topological polar surface area (TPSA) is 95.9 Å². The Balaban J connectivity index is 2.17. The summed E-state index contributed by atoms with van der Waals surface area (Å²) in [7, 11) is 0. The normalized spacial score (nSPS) is 18.5. The molecule has 0 aliphatic carbocycles. The Hall–Kier alpha value is -2.57. The van der Waals surface area contributed by atoms with Crippen LogP contribution in [0.15, 0.2) is 18.2 Å². The van der Waals surface area contributed by atoms with Gasteiger partial charge < -0.3 is 15.2 Å². The van der Waals surface area contributed by atoms with E-state index in [0.29, 0.717) is 10.6 Å². The molecule has 2 N–H and O–H groups in total. The van der Waals surface area contributed by atoms with Crippen LogP contribution in [-0.2, 0) is 14.3 Å². The van der Waals surface area contributed by atoms with Crippen LogP contribution in [0.25, 0.3) is 0 Å². The second-order valence-corrected chi connectivity index (χ2v) is 6.80. The van der Waals surface area contributed by atoms with Gasteiger partial charge in [-0.25, -0.2) is 4.79 Å². The molecule has 1 saturated heterocycles. The van der Waals surface area contributed by atoms with Crippen LogP contribution in [0.3, 0.4) is 0 Å². The molecule has 1 aromatic carbocycles. The Morgan fingerprint density at radius 1 is 1.33 bits per heavy atom. The molecule has 0 radical (unpaired) electrons. The molecule has 3 amide bonds. The van der Waals surface area contributed by atoms with Crippen molar-refractivity contribution < 1.29 is 24.2 Å². The summed E-state index contributed by atoms with van der Waals surface area (Å²) in [6.45, 7) is 6.80. The van der Waals surface area contributed by atoms with E-state index in [1.807, 2.05) is 6.92 Å². The smallest absolute Gasteiger partial charge is 0.424 e. The standard InChI is InChI=1S/C17H22N2O5/c1-10-5-6-11(13(20)9-10)18-12-7-8-14(21)19(15(12)22)16(23)24-17(2,3)4/h5-6,9,12,18,20H,7-8H2,1-4H3. The van der Waals surface area contributed by atoms with Crippen molar-refractivity contribution in [2.45, 2.75) is 52.2 Å². The number of phenolic OH excluding ortho intramolecular Hbond substituents is 1. The van der Waals surface area contributed by atoms with Gasteiger partial charge in [0.15, 0.2) is 0 Å². The van der Waals surface area contributed by atoms with Gasteiger partial charge in [0, 0.05) is 6.42 Å². The fraction of sp³-hybridized carbons (Fsp3) is 0.471. The van der Waals surface area contributed by atoms with Gasteiger partial charge in [-0.3, -0.25) is 9.59 Å². The molecule has 0 saturated carbocycles. The third-order valence-electron chi connectivity index (χ3n) is 3.47. The molecule has 24 heavy (non-hydrogen) atoms. The van der Waals surface area contributed by atoms with Gasteiger partial charge in [-0.2, -0.15) is 4.90 Å². The SMILES string of the molecule is Cc1ccc(NC2CCC(=O)N(C(=O)OC(C)(C)C)C2=O)c(O)c1. The predicted octanol–water partition coefficient (Wildman–Crippen LogP) is 2.57. The van der Waals surface area contributed by atoms with E-state index in [-0.39, 0.29) is 18.6 Å². The molecule has 1 heterocycles. The summed E-state index contributed by atoms with van der Waals surface area (Å²) in [5.74, 6) is -1.26. The number of aromatic hydroxyl groups is 1. The molecule has 1 aromatic rings. The van der Waals surface area contributed by atoms with Crippen molar-refractivity contribution in [2.24, 2.45) is 0 Å². The van der Waals surface area contributed by atoms with Crippen LogP contribution >= 0.6 is 0 Å². The second-order valence-electron chi connectivity index (χ2n) is 6.80. The highest BCUT2D eigenvalue weighted by Gasteiger charge is 2.40. The predicted molar refractivity (Wildman–Crippen MR) is 87.6 cm³/mol. The Morgan fingerprint density at radius 3 is 2.58 bits per heavy atom. The number of benzene rings is 1. The summed E-state index contributed by atoms with van der Waals surface area (Å²) >= 11 is 0. The first-order valence-electron chi connectivity index (χ1n) is 7.74. The minimum Gasteiger partial charge on any atom is -0.506 e. The van der Waals surface area contributed by atoms with E-state index < -0.39 is 29.6 Å². The first-order valence-corrected chi connectivity index (χ1v) is 7.74. The second kappa shape index (κ2) is 6.51. The highest BCUT2D eigenvalue weighted by Crippen LogP contribution is 2.27. The molecule has 2 rings (SSSR count). The number of nitrogens with one attached hydrogen (secondary N) is 1. The van der Waals surface area contributed by atoms with Crippen LogP contribution < -0.4 is 5.32 Å². The van der Waals surface area contributed by atoms with Crippen LogP contribution in [0, 0.1) is 6.92 Å². The Morgan fingerprint density at radius 2 is 2.00 bits per heavy atom. The van der Waals surface area contributed by atoms with Gasteiger partial charge in [-0.05, 0) is 51.8 Å². The first-order chi connectivity index (χ1) is 11.1. The number of piperidine rings is 1. The molecule has 0 spiro atoms. The highest BCUT2D eigenvalue weighted by atomic mass is 16.6. The van der Waals surface area contributed by atoms with Crippen LogP contribution in [0.4, 0.5) is 10.5 Å². The lowest BCUT2D eigenvalue weighted by Crippen LogP contribution is -2.54. The van der Waals surface area contributed by atoms with Crippen molar-refractivity contribution in [1.82, 2.24) is 4.90 Å². The molecular formula is C17H22N2O5. The summed E-state index contributed by atoms with van der Waals surface area (Å²) in [5.41, 5.74) is 0.434. The number of carbonyl (C=O) groups is 3. The van der Waals surface area contributed by atoms with Crippen molar-refractivity contribution >= 4 is 23.6 Å². The third-order valence-corrected chi connectivity index (χ3v) is 3.47. The zero-order valence-electron chi connectivity index (χ0n) is 14.3. The number of rotatable bonds is 2. The zero-order valence-corrected chi connectivity index (χ0v) is 14.3. The maximum Gasteiger partial charge on any atom is 0.424 e. The number of anilines is 1. The lowest BCUT2D eigenvalue weighted by atomic mass is 10.0. The molecule has 7 nitrogen and oxygen atoms in total. The summed E-state index contributed by atoms with van der Waals surface area (Å²) in [4.78, 5) is 37.1. The maximum atomic E-state index is 12.5. The number of hydrogen-bond donors (Lipinski definition) is 2. The highest BCUT2D eigenvalue weighted by molar-refractivity contribution is 6.12. The number of nitrogens with zero attached hydrogens (tertiary/aromatic N) is 1. The molecule has 1 aliphatic heterocycles. The molecule has 1 unspecified atom stereocenters. The summed E-state index contributed by atoms with van der Waals surface area (Å²) in [6, 6.07) is 4.20. The fourth-order valence-electron chi connectivity index (χ4n) is 2.37. The Bertz CT molecular complexity index is 678. The van der Waals surface area contributed by atoms with Gasteiger partial charge in [-0.15, -0.1) is 0 Å². The van der Waals surface area contributed by atoms with Crippen molar-refractivity contribution in [1.29, 1.82) is 0 Å². The molecule has 1 aliphatic rings. The average Bonchev–Trinajstić information content (AvgIpc) is 2.42. The fourth-order valence-corrected chi connectivity index (χ4v) is 2.37. The molecule has 1 fully saturated rings. The number of carbonyl (C=O) groups excluding carboxylic acids is 3. The van der Waals surface area contributed by atoms with E-state index in [1.54, 1.807) is 39.0 Å². The molecule has 0 aromatic heterocycles. The zero-order chi connectivity index (χ0) is 18.1. The minimum atomic E-state index is -0.975. The summed E-state index contributed by atoms with van der Waals surface area (Å²) in [6.07, 6.45) is -0.698. The number of imide groups is 3. The van der Waals surface area contributed by atoms with E-state index in [2.05, 4.69) is 5.32 Å². The molecule has 7 heteroatoms. The molecular weight excluding hydrogens is 312 g/mol. The largest absolute Gasteiger partial charge is 0.506 e. The average molecular weight is 334 g/mol. The Kier molecular flexibility index (Phi) is 4.82. The number of aryl methyl sites for hydroxylation is 1. The van der Waals surface area contributed by atoms with Gasteiger partial charge >= 0.3 is 6.09 Å². The number of amides is 3. The van der Waals surface area contributed by atoms with E-state index in [4.69, 9.17) is 4.74 Å². The van der Waals surface area contributed by atoms with E-state index in [9.17, 15) is 19.5 Å².